The number of carbonyl (C=O) groups excluding carboxylic acids is 3. The number of amides is 2. The molecule has 0 atom stereocenters. The molecule has 0 aromatic heterocycles. The minimum atomic E-state index is -0.652. The van der Waals surface area contributed by atoms with E-state index in [0.717, 1.165) is 0 Å². The summed E-state index contributed by atoms with van der Waals surface area (Å²) in [6, 6.07) is 6.65. The first-order chi connectivity index (χ1) is 8.56. The summed E-state index contributed by atoms with van der Waals surface area (Å²) in [7, 11) is 0. The summed E-state index contributed by atoms with van der Waals surface area (Å²) in [6.45, 7) is 0. The number of nitrogens with zero attached hydrogens (tertiary/aromatic N) is 1. The van der Waals surface area contributed by atoms with Gasteiger partial charge in [0.15, 0.2) is 0 Å². The lowest BCUT2D eigenvalue weighted by Gasteiger charge is -2.12. The summed E-state index contributed by atoms with van der Waals surface area (Å²) >= 11 is 5.71. The normalized spacial score (nSPS) is 15.1. The zero-order valence-corrected chi connectivity index (χ0v) is 10.1. The van der Waals surface area contributed by atoms with Gasteiger partial charge in [0, 0.05) is 17.9 Å². The summed E-state index contributed by atoms with van der Waals surface area (Å²) in [5.74, 6) is -1.62. The van der Waals surface area contributed by atoms with Crippen LogP contribution in [0, 0.1) is 0 Å². The van der Waals surface area contributed by atoms with Gasteiger partial charge in [-0.1, -0.05) is 23.7 Å². The molecule has 0 bridgehead atoms. The van der Waals surface area contributed by atoms with Gasteiger partial charge in [-0.15, -0.1) is 5.06 Å². The number of halogens is 1. The zero-order valence-electron chi connectivity index (χ0n) is 9.39. The Labute approximate surface area is 108 Å². The molecular weight excluding hydrogens is 258 g/mol. The average molecular weight is 268 g/mol. The van der Waals surface area contributed by atoms with Crippen molar-refractivity contribution in [2.75, 3.05) is 0 Å². The number of benzene rings is 1. The highest BCUT2D eigenvalue weighted by Gasteiger charge is 2.32. The van der Waals surface area contributed by atoms with Crippen molar-refractivity contribution in [1.82, 2.24) is 5.06 Å². The molecule has 5 nitrogen and oxygen atoms in total. The molecule has 0 saturated carbocycles. The number of hydrogen-bond acceptors (Lipinski definition) is 4. The monoisotopic (exact) mass is 267 g/mol. The van der Waals surface area contributed by atoms with E-state index in [2.05, 4.69) is 0 Å². The quantitative estimate of drug-likeness (QED) is 0.779. The van der Waals surface area contributed by atoms with Gasteiger partial charge < -0.3 is 4.84 Å². The van der Waals surface area contributed by atoms with Crippen molar-refractivity contribution in [1.29, 1.82) is 0 Å². The van der Waals surface area contributed by atoms with Crippen LogP contribution in [0.25, 0.3) is 0 Å². The second-order valence-corrected chi connectivity index (χ2v) is 4.28. The standard InChI is InChI=1S/C12H10ClNO4/c13-9-3-1-8(2-4-9)7-12(17)18-14-10(15)5-6-11(14)16/h1-4H,5-7H2. The molecule has 18 heavy (non-hydrogen) atoms. The molecule has 1 saturated heterocycles. The van der Waals surface area contributed by atoms with E-state index in [-0.39, 0.29) is 19.3 Å². The van der Waals surface area contributed by atoms with E-state index in [4.69, 9.17) is 16.4 Å². The van der Waals surface area contributed by atoms with Crippen LogP contribution in [-0.4, -0.2) is 22.8 Å². The van der Waals surface area contributed by atoms with E-state index < -0.39 is 17.8 Å². The highest BCUT2D eigenvalue weighted by Crippen LogP contribution is 2.14. The summed E-state index contributed by atoms with van der Waals surface area (Å²) < 4.78 is 0. The van der Waals surface area contributed by atoms with Crippen molar-refractivity contribution in [3.8, 4) is 0 Å². The Kier molecular flexibility index (Phi) is 3.62. The number of carbonyl (C=O) groups is 3. The third-order valence-corrected chi connectivity index (χ3v) is 2.71. The number of hydrogen-bond donors (Lipinski definition) is 0. The second kappa shape index (κ2) is 5.18. The average Bonchev–Trinajstić information content (AvgIpc) is 2.64. The smallest absolute Gasteiger partial charge is 0.330 e. The van der Waals surface area contributed by atoms with Gasteiger partial charge in [-0.2, -0.15) is 0 Å². The summed E-state index contributed by atoms with van der Waals surface area (Å²) in [4.78, 5) is 38.7. The Morgan fingerprint density at radius 2 is 1.72 bits per heavy atom. The van der Waals surface area contributed by atoms with Gasteiger partial charge in [-0.05, 0) is 17.7 Å². The van der Waals surface area contributed by atoms with Crippen LogP contribution in [0.1, 0.15) is 18.4 Å². The maximum atomic E-state index is 11.5. The van der Waals surface area contributed by atoms with E-state index >= 15 is 0 Å². The Bertz CT molecular complexity index is 481. The molecule has 2 amide bonds. The van der Waals surface area contributed by atoms with Crippen LogP contribution in [0.15, 0.2) is 24.3 Å². The van der Waals surface area contributed by atoms with Crippen molar-refractivity contribution in [3.63, 3.8) is 0 Å². The van der Waals surface area contributed by atoms with Crippen LogP contribution in [-0.2, 0) is 25.6 Å². The summed E-state index contributed by atoms with van der Waals surface area (Å²) in [6.07, 6.45) is 0.161. The zero-order chi connectivity index (χ0) is 13.1. The van der Waals surface area contributed by atoms with Crippen LogP contribution < -0.4 is 0 Å². The van der Waals surface area contributed by atoms with Crippen molar-refractivity contribution in [2.45, 2.75) is 19.3 Å². The van der Waals surface area contributed by atoms with Gasteiger partial charge >= 0.3 is 5.97 Å². The molecule has 0 radical (unpaired) electrons. The Balaban J connectivity index is 1.94. The molecule has 0 N–H and O–H groups in total. The number of hydroxylamine groups is 2. The molecule has 1 heterocycles. The van der Waals surface area contributed by atoms with Crippen molar-refractivity contribution >= 4 is 29.4 Å². The third-order valence-electron chi connectivity index (χ3n) is 2.46. The van der Waals surface area contributed by atoms with E-state index in [1.807, 2.05) is 0 Å². The van der Waals surface area contributed by atoms with E-state index in [1.54, 1.807) is 24.3 Å². The Morgan fingerprint density at radius 3 is 2.28 bits per heavy atom. The lowest BCUT2D eigenvalue weighted by atomic mass is 10.2. The predicted octanol–water partition coefficient (Wildman–Crippen LogP) is 1.49. The first-order valence-electron chi connectivity index (χ1n) is 5.37. The van der Waals surface area contributed by atoms with E-state index in [9.17, 15) is 14.4 Å². The molecule has 2 rings (SSSR count). The molecule has 1 fully saturated rings. The largest absolute Gasteiger partial charge is 0.337 e. The fourth-order valence-electron chi connectivity index (χ4n) is 1.56. The molecule has 1 aliphatic heterocycles. The molecule has 0 aliphatic carbocycles. The lowest BCUT2D eigenvalue weighted by Crippen LogP contribution is -2.32. The number of rotatable bonds is 3. The highest BCUT2D eigenvalue weighted by atomic mass is 35.5. The maximum Gasteiger partial charge on any atom is 0.337 e. The molecule has 0 spiro atoms. The van der Waals surface area contributed by atoms with E-state index in [0.29, 0.717) is 15.6 Å². The molecule has 94 valence electrons. The van der Waals surface area contributed by atoms with Crippen molar-refractivity contribution < 1.29 is 19.2 Å². The van der Waals surface area contributed by atoms with Crippen LogP contribution in [0.5, 0.6) is 0 Å². The minimum Gasteiger partial charge on any atom is -0.330 e. The maximum absolute atomic E-state index is 11.5. The molecule has 1 aromatic rings. The van der Waals surface area contributed by atoms with Gasteiger partial charge in [0.05, 0.1) is 6.42 Å². The molecule has 0 unspecified atom stereocenters. The van der Waals surface area contributed by atoms with Gasteiger partial charge in [0.2, 0.25) is 0 Å². The molecule has 1 aliphatic rings. The van der Waals surface area contributed by atoms with Gasteiger partial charge in [-0.25, -0.2) is 4.79 Å². The van der Waals surface area contributed by atoms with Crippen LogP contribution in [0.3, 0.4) is 0 Å². The van der Waals surface area contributed by atoms with Crippen LogP contribution in [0.2, 0.25) is 5.02 Å². The fourth-order valence-corrected chi connectivity index (χ4v) is 1.69. The predicted molar refractivity (Wildman–Crippen MR) is 62.3 cm³/mol. The first kappa shape index (κ1) is 12.6. The Morgan fingerprint density at radius 1 is 1.17 bits per heavy atom. The van der Waals surface area contributed by atoms with Gasteiger partial charge in [0.1, 0.15) is 0 Å². The number of imide groups is 1. The lowest BCUT2D eigenvalue weighted by molar-refractivity contribution is -0.197. The fraction of sp³-hybridized carbons (Fsp3) is 0.250. The summed E-state index contributed by atoms with van der Waals surface area (Å²) in [5, 5.41) is 1.11. The van der Waals surface area contributed by atoms with E-state index in [1.165, 1.54) is 0 Å². The van der Waals surface area contributed by atoms with Gasteiger partial charge in [0.25, 0.3) is 11.8 Å². The van der Waals surface area contributed by atoms with Gasteiger partial charge in [-0.3, -0.25) is 9.59 Å². The molecule has 1 aromatic carbocycles. The third kappa shape index (κ3) is 2.87. The SMILES string of the molecule is O=C(Cc1ccc(Cl)cc1)ON1C(=O)CCC1=O. The van der Waals surface area contributed by atoms with Crippen molar-refractivity contribution in [2.24, 2.45) is 0 Å². The minimum absolute atomic E-state index is 0.0196. The van der Waals surface area contributed by atoms with Crippen LogP contribution >= 0.6 is 11.6 Å². The summed E-state index contributed by atoms with van der Waals surface area (Å²) in [5.41, 5.74) is 0.698. The topological polar surface area (TPSA) is 63.7 Å². The van der Waals surface area contributed by atoms with Crippen molar-refractivity contribution in [3.05, 3.63) is 34.9 Å². The second-order valence-electron chi connectivity index (χ2n) is 3.85. The van der Waals surface area contributed by atoms with Crippen LogP contribution in [0.4, 0.5) is 0 Å². The Hall–Kier alpha value is -1.88. The molecular formula is C12H10ClNO4. The highest BCUT2D eigenvalue weighted by molar-refractivity contribution is 6.30. The first-order valence-corrected chi connectivity index (χ1v) is 5.75. The molecule has 6 heteroatoms.